The lowest BCUT2D eigenvalue weighted by atomic mass is 10.1. The van der Waals surface area contributed by atoms with Crippen molar-refractivity contribution in [3.63, 3.8) is 0 Å². The molecule has 0 aliphatic carbocycles. The zero-order valence-electron chi connectivity index (χ0n) is 18.2. The van der Waals surface area contributed by atoms with Gasteiger partial charge < -0.3 is 14.8 Å². The maximum atomic E-state index is 13.1. The first-order valence-electron chi connectivity index (χ1n) is 10.1. The first-order valence-corrected chi connectivity index (χ1v) is 12.0. The number of carbonyl (C=O) groups excluding carboxylic acids is 1. The average molecular weight is 489 g/mol. The molecule has 3 rings (SSSR count). The lowest BCUT2D eigenvalue weighted by Gasteiger charge is -2.19. The third kappa shape index (κ3) is 6.71. The molecule has 2 N–H and O–H groups in total. The van der Waals surface area contributed by atoms with Crippen LogP contribution in [-0.4, -0.2) is 34.6 Å². The molecule has 0 unspecified atom stereocenters. The van der Waals surface area contributed by atoms with Gasteiger partial charge in [-0.05, 0) is 41.8 Å². The molecule has 0 saturated carbocycles. The minimum Gasteiger partial charge on any atom is -0.493 e. The summed E-state index contributed by atoms with van der Waals surface area (Å²) in [6.45, 7) is 0.235. The molecule has 0 aliphatic heterocycles. The van der Waals surface area contributed by atoms with Gasteiger partial charge in [0.2, 0.25) is 15.9 Å². The van der Waals surface area contributed by atoms with Crippen LogP contribution >= 0.6 is 11.6 Å². The van der Waals surface area contributed by atoms with E-state index in [4.69, 9.17) is 21.1 Å². The summed E-state index contributed by atoms with van der Waals surface area (Å²) in [5.41, 5.74) is 1.66. The van der Waals surface area contributed by atoms with Gasteiger partial charge in [-0.1, -0.05) is 54.1 Å². The Morgan fingerprint density at radius 2 is 1.58 bits per heavy atom. The van der Waals surface area contributed by atoms with Crippen molar-refractivity contribution in [1.29, 1.82) is 0 Å². The van der Waals surface area contributed by atoms with Crippen molar-refractivity contribution < 1.29 is 22.7 Å². The van der Waals surface area contributed by atoms with Crippen LogP contribution in [0.4, 0.5) is 0 Å². The highest BCUT2D eigenvalue weighted by Gasteiger charge is 2.27. The van der Waals surface area contributed by atoms with Crippen molar-refractivity contribution in [2.24, 2.45) is 0 Å². The molecule has 0 fully saturated rings. The fourth-order valence-corrected chi connectivity index (χ4v) is 4.53. The van der Waals surface area contributed by atoms with Crippen molar-refractivity contribution >= 4 is 27.5 Å². The predicted octanol–water partition coefficient (Wildman–Crippen LogP) is 3.56. The number of nitrogens with one attached hydrogen (secondary N) is 2. The number of sulfonamides is 1. The highest BCUT2D eigenvalue weighted by Crippen LogP contribution is 2.29. The second kappa shape index (κ2) is 11.2. The molecular weight excluding hydrogens is 464 g/mol. The van der Waals surface area contributed by atoms with E-state index in [1.165, 1.54) is 32.4 Å². The van der Waals surface area contributed by atoms with Crippen LogP contribution in [0.25, 0.3) is 0 Å². The van der Waals surface area contributed by atoms with Crippen LogP contribution < -0.4 is 19.5 Å². The molecule has 0 heterocycles. The van der Waals surface area contributed by atoms with Gasteiger partial charge in [0.15, 0.2) is 11.5 Å². The third-order valence-corrected chi connectivity index (χ3v) is 6.66. The highest BCUT2D eigenvalue weighted by atomic mass is 35.5. The van der Waals surface area contributed by atoms with E-state index >= 15 is 0 Å². The van der Waals surface area contributed by atoms with E-state index in [9.17, 15) is 13.2 Å². The van der Waals surface area contributed by atoms with Crippen molar-refractivity contribution in [3.8, 4) is 11.5 Å². The first-order chi connectivity index (χ1) is 15.8. The smallest absolute Gasteiger partial charge is 0.241 e. The molecule has 0 saturated heterocycles. The van der Waals surface area contributed by atoms with Crippen LogP contribution in [0.5, 0.6) is 11.5 Å². The van der Waals surface area contributed by atoms with Crippen LogP contribution in [0.15, 0.2) is 77.7 Å². The second-order valence-electron chi connectivity index (χ2n) is 7.22. The molecule has 0 aliphatic rings. The van der Waals surface area contributed by atoms with Gasteiger partial charge in [-0.3, -0.25) is 4.79 Å². The van der Waals surface area contributed by atoms with Gasteiger partial charge in [0.1, 0.15) is 6.04 Å². The van der Waals surface area contributed by atoms with Gasteiger partial charge in [-0.25, -0.2) is 8.42 Å². The fraction of sp³-hybridized carbons (Fsp3) is 0.208. The molecule has 33 heavy (non-hydrogen) atoms. The molecule has 3 aromatic carbocycles. The standard InChI is InChI=1S/C24H25ClN2O5S/c1-31-22-13-12-20(15-23(22)32-2)33(29,30)27-21(14-17-6-4-3-5-7-17)24(28)26-16-18-8-10-19(25)11-9-18/h3-13,15,21,27H,14,16H2,1-2H3,(H,26,28)/t21-/m1/s1. The molecule has 7 nitrogen and oxygen atoms in total. The monoisotopic (exact) mass is 488 g/mol. The van der Waals surface area contributed by atoms with Crippen molar-refractivity contribution in [2.75, 3.05) is 14.2 Å². The van der Waals surface area contributed by atoms with Crippen molar-refractivity contribution in [2.45, 2.75) is 23.9 Å². The number of hydrogen-bond acceptors (Lipinski definition) is 5. The first kappa shape index (κ1) is 24.6. The SMILES string of the molecule is COc1ccc(S(=O)(=O)N[C@H](Cc2ccccc2)C(=O)NCc2ccc(Cl)cc2)cc1OC. The van der Waals surface area contributed by atoms with Crippen LogP contribution in [0.2, 0.25) is 5.02 Å². The Labute approximate surface area is 198 Å². The number of amides is 1. The summed E-state index contributed by atoms with van der Waals surface area (Å²) >= 11 is 5.91. The maximum absolute atomic E-state index is 13.1. The number of hydrogen-bond donors (Lipinski definition) is 2. The quantitative estimate of drug-likeness (QED) is 0.455. The third-order valence-electron chi connectivity index (χ3n) is 4.94. The molecule has 3 aromatic rings. The van der Waals surface area contributed by atoms with E-state index in [-0.39, 0.29) is 23.6 Å². The fourth-order valence-electron chi connectivity index (χ4n) is 3.19. The molecule has 9 heteroatoms. The minimum absolute atomic E-state index is 0.0382. The van der Waals surface area contributed by atoms with Gasteiger partial charge in [0.25, 0.3) is 0 Å². The van der Waals surface area contributed by atoms with Crippen LogP contribution in [0, 0.1) is 0 Å². The normalized spacial score (nSPS) is 12.1. The van der Waals surface area contributed by atoms with Crippen LogP contribution in [-0.2, 0) is 27.8 Å². The van der Waals surface area contributed by atoms with Gasteiger partial charge >= 0.3 is 0 Å². The lowest BCUT2D eigenvalue weighted by Crippen LogP contribution is -2.47. The Bertz CT molecular complexity index is 1190. The summed E-state index contributed by atoms with van der Waals surface area (Å²) in [6.07, 6.45) is 0.180. The van der Waals surface area contributed by atoms with Gasteiger partial charge in [-0.15, -0.1) is 0 Å². The Morgan fingerprint density at radius 3 is 2.21 bits per heavy atom. The van der Waals surface area contributed by atoms with E-state index in [0.717, 1.165) is 11.1 Å². The summed E-state index contributed by atoms with van der Waals surface area (Å²) in [4.78, 5) is 13.0. The lowest BCUT2D eigenvalue weighted by molar-refractivity contribution is -0.122. The van der Waals surface area contributed by atoms with Crippen LogP contribution in [0.1, 0.15) is 11.1 Å². The Morgan fingerprint density at radius 1 is 0.909 bits per heavy atom. The molecule has 1 amide bonds. The zero-order valence-corrected chi connectivity index (χ0v) is 19.8. The molecular formula is C24H25ClN2O5S. The Kier molecular flexibility index (Phi) is 8.32. The van der Waals surface area contributed by atoms with E-state index < -0.39 is 22.0 Å². The highest BCUT2D eigenvalue weighted by molar-refractivity contribution is 7.89. The topological polar surface area (TPSA) is 93.7 Å². The van der Waals surface area contributed by atoms with Crippen molar-refractivity contribution in [1.82, 2.24) is 10.0 Å². The van der Waals surface area contributed by atoms with Crippen LogP contribution in [0.3, 0.4) is 0 Å². The molecule has 0 radical (unpaired) electrons. The summed E-state index contributed by atoms with van der Waals surface area (Å²) < 4.78 is 39.1. The summed E-state index contributed by atoms with van der Waals surface area (Å²) in [7, 11) is -1.15. The zero-order chi connectivity index (χ0) is 23.8. The van der Waals surface area contributed by atoms with E-state index in [1.807, 2.05) is 30.3 Å². The van der Waals surface area contributed by atoms with Gasteiger partial charge in [-0.2, -0.15) is 4.72 Å². The summed E-state index contributed by atoms with van der Waals surface area (Å²) in [6, 6.07) is 19.5. The molecule has 0 spiro atoms. The molecule has 1 atom stereocenters. The Balaban J connectivity index is 1.82. The predicted molar refractivity (Wildman–Crippen MR) is 127 cm³/mol. The molecule has 174 valence electrons. The summed E-state index contributed by atoms with van der Waals surface area (Å²) in [5, 5.41) is 3.39. The number of benzene rings is 3. The minimum atomic E-state index is -4.03. The van der Waals surface area contributed by atoms with E-state index in [2.05, 4.69) is 10.0 Å². The van der Waals surface area contributed by atoms with E-state index in [0.29, 0.717) is 10.8 Å². The van der Waals surface area contributed by atoms with Crippen molar-refractivity contribution in [3.05, 3.63) is 88.9 Å². The number of carbonyl (C=O) groups is 1. The van der Waals surface area contributed by atoms with Gasteiger partial charge in [0.05, 0.1) is 19.1 Å². The average Bonchev–Trinajstić information content (AvgIpc) is 2.83. The maximum Gasteiger partial charge on any atom is 0.241 e. The largest absolute Gasteiger partial charge is 0.493 e. The number of ether oxygens (including phenoxy) is 2. The van der Waals surface area contributed by atoms with E-state index in [1.54, 1.807) is 24.3 Å². The number of halogens is 1. The second-order valence-corrected chi connectivity index (χ2v) is 9.38. The Hall–Kier alpha value is -3.07. The number of methoxy groups -OCH3 is 2. The summed E-state index contributed by atoms with van der Waals surface area (Å²) in [5.74, 6) is 0.225. The number of rotatable bonds is 10. The molecule has 0 bridgehead atoms. The van der Waals surface area contributed by atoms with Gasteiger partial charge in [0, 0.05) is 17.6 Å². The molecule has 0 aromatic heterocycles.